The van der Waals surface area contributed by atoms with Crippen LogP contribution in [-0.2, 0) is 4.79 Å². The van der Waals surface area contributed by atoms with Crippen molar-refractivity contribution in [1.82, 2.24) is 15.5 Å². The van der Waals surface area contributed by atoms with Crippen LogP contribution in [0.25, 0.3) is 0 Å². The fourth-order valence-electron chi connectivity index (χ4n) is 2.38. The first-order chi connectivity index (χ1) is 10.6. The maximum atomic E-state index is 12.2. The zero-order chi connectivity index (χ0) is 17.6. The van der Waals surface area contributed by atoms with E-state index >= 15 is 0 Å². The minimum atomic E-state index is -0.631. The molecule has 0 aromatic heterocycles. The molecular formula is C17H26ClN3O2. The quantitative estimate of drug-likeness (QED) is 0.800. The Morgan fingerprint density at radius 3 is 2.43 bits per heavy atom. The van der Waals surface area contributed by atoms with Crippen molar-refractivity contribution in [3.05, 3.63) is 34.9 Å². The average Bonchev–Trinajstić information content (AvgIpc) is 2.43. The van der Waals surface area contributed by atoms with E-state index in [4.69, 9.17) is 11.6 Å². The molecule has 1 atom stereocenters. The van der Waals surface area contributed by atoms with Crippen molar-refractivity contribution in [1.29, 1.82) is 0 Å². The van der Waals surface area contributed by atoms with Gasteiger partial charge in [0.25, 0.3) is 5.91 Å². The van der Waals surface area contributed by atoms with Gasteiger partial charge >= 0.3 is 0 Å². The van der Waals surface area contributed by atoms with Gasteiger partial charge in [0.05, 0.1) is 10.6 Å². The topological polar surface area (TPSA) is 61.4 Å². The van der Waals surface area contributed by atoms with Crippen LogP contribution in [0.3, 0.4) is 0 Å². The zero-order valence-corrected chi connectivity index (χ0v) is 15.2. The third-order valence-corrected chi connectivity index (χ3v) is 3.67. The number of hydrogen-bond acceptors (Lipinski definition) is 3. The van der Waals surface area contributed by atoms with Gasteiger partial charge in [-0.1, -0.05) is 37.6 Å². The van der Waals surface area contributed by atoms with E-state index in [-0.39, 0.29) is 17.2 Å². The monoisotopic (exact) mass is 339 g/mol. The molecule has 6 heteroatoms. The number of amides is 2. The zero-order valence-electron chi connectivity index (χ0n) is 14.4. The molecule has 0 bridgehead atoms. The summed E-state index contributed by atoms with van der Waals surface area (Å²) in [5.41, 5.74) is 0.313. The Morgan fingerprint density at radius 1 is 1.26 bits per heavy atom. The molecule has 1 aromatic rings. The molecule has 2 N–H and O–H groups in total. The Hall–Kier alpha value is -1.59. The summed E-state index contributed by atoms with van der Waals surface area (Å²) in [4.78, 5) is 26.4. The number of hydrogen-bond donors (Lipinski definition) is 2. The van der Waals surface area contributed by atoms with Crippen molar-refractivity contribution in [3.8, 4) is 0 Å². The van der Waals surface area contributed by atoms with E-state index in [1.165, 1.54) is 0 Å². The van der Waals surface area contributed by atoms with Crippen LogP contribution in [0.15, 0.2) is 24.3 Å². The minimum Gasteiger partial charge on any atom is -0.354 e. The predicted molar refractivity (Wildman–Crippen MR) is 93.7 cm³/mol. The lowest BCUT2D eigenvalue weighted by Gasteiger charge is -2.29. The highest BCUT2D eigenvalue weighted by Gasteiger charge is 2.23. The maximum absolute atomic E-state index is 12.2. The fraction of sp³-hybridized carbons (Fsp3) is 0.529. The van der Waals surface area contributed by atoms with Crippen molar-refractivity contribution in [2.45, 2.75) is 26.8 Å². The number of halogens is 1. The molecule has 0 radical (unpaired) electrons. The summed E-state index contributed by atoms with van der Waals surface area (Å²) in [7, 11) is 3.99. The summed E-state index contributed by atoms with van der Waals surface area (Å²) in [6.45, 7) is 7.22. The lowest BCUT2D eigenvalue weighted by molar-refractivity contribution is -0.123. The Morgan fingerprint density at radius 2 is 1.87 bits per heavy atom. The van der Waals surface area contributed by atoms with E-state index in [9.17, 15) is 9.59 Å². The van der Waals surface area contributed by atoms with Crippen molar-refractivity contribution in [2.75, 3.05) is 27.2 Å². The highest BCUT2D eigenvalue weighted by Crippen LogP contribution is 2.15. The lowest BCUT2D eigenvalue weighted by atomic mass is 9.93. The molecule has 23 heavy (non-hydrogen) atoms. The molecule has 1 aromatic carbocycles. The van der Waals surface area contributed by atoms with E-state index < -0.39 is 6.04 Å². The van der Waals surface area contributed by atoms with Gasteiger partial charge in [0.15, 0.2) is 0 Å². The average molecular weight is 340 g/mol. The van der Waals surface area contributed by atoms with E-state index in [2.05, 4.69) is 29.4 Å². The summed E-state index contributed by atoms with van der Waals surface area (Å²) < 4.78 is 0. The number of nitrogens with zero attached hydrogens (tertiary/aromatic N) is 1. The van der Waals surface area contributed by atoms with Gasteiger partial charge in [0, 0.05) is 13.1 Å². The smallest absolute Gasteiger partial charge is 0.253 e. The SMILES string of the molecule is CC(NC(=O)c1ccccc1Cl)C(=O)NCC(C)(C)CN(C)C. The summed E-state index contributed by atoms with van der Waals surface area (Å²) in [6, 6.07) is 6.12. The van der Waals surface area contributed by atoms with Crippen molar-refractivity contribution in [3.63, 3.8) is 0 Å². The molecule has 0 aliphatic heterocycles. The Labute approximate surface area is 143 Å². The molecule has 0 fully saturated rings. The first-order valence-electron chi connectivity index (χ1n) is 7.60. The van der Waals surface area contributed by atoms with Gasteiger partial charge in [-0.15, -0.1) is 0 Å². The number of nitrogens with one attached hydrogen (secondary N) is 2. The molecule has 0 aliphatic carbocycles. The molecule has 2 amide bonds. The van der Waals surface area contributed by atoms with Gasteiger partial charge in [0.2, 0.25) is 5.91 Å². The van der Waals surface area contributed by atoms with Gasteiger partial charge in [-0.25, -0.2) is 0 Å². The third-order valence-electron chi connectivity index (χ3n) is 3.34. The normalized spacial score (nSPS) is 12.8. The van der Waals surface area contributed by atoms with Crippen LogP contribution in [0.2, 0.25) is 5.02 Å². The summed E-state index contributed by atoms with van der Waals surface area (Å²) in [6.07, 6.45) is 0. The first kappa shape index (κ1) is 19.5. The minimum absolute atomic E-state index is 0.0500. The summed E-state index contributed by atoms with van der Waals surface area (Å²) in [5.74, 6) is -0.567. The second-order valence-electron chi connectivity index (χ2n) is 6.79. The second-order valence-corrected chi connectivity index (χ2v) is 7.20. The Bertz CT molecular complexity index is 559. The van der Waals surface area contributed by atoms with E-state index in [1.54, 1.807) is 31.2 Å². The van der Waals surface area contributed by atoms with E-state index in [0.717, 1.165) is 6.54 Å². The van der Waals surface area contributed by atoms with Gasteiger partial charge in [0.1, 0.15) is 6.04 Å². The van der Waals surface area contributed by atoms with Gasteiger partial charge in [-0.3, -0.25) is 9.59 Å². The molecule has 5 nitrogen and oxygen atoms in total. The molecule has 0 saturated carbocycles. The Kier molecular flexibility index (Phi) is 7.03. The molecule has 0 saturated heterocycles. The molecule has 1 rings (SSSR count). The van der Waals surface area contributed by atoms with Crippen LogP contribution in [0, 0.1) is 5.41 Å². The van der Waals surface area contributed by atoms with Crippen LogP contribution in [-0.4, -0.2) is 49.9 Å². The lowest BCUT2D eigenvalue weighted by Crippen LogP contribution is -2.48. The van der Waals surface area contributed by atoms with E-state index in [0.29, 0.717) is 17.1 Å². The predicted octanol–water partition coefficient (Wildman–Crippen LogP) is 2.16. The number of benzene rings is 1. The fourth-order valence-corrected chi connectivity index (χ4v) is 2.60. The third kappa shape index (κ3) is 6.59. The van der Waals surface area contributed by atoms with Crippen LogP contribution in [0.4, 0.5) is 0 Å². The molecular weight excluding hydrogens is 314 g/mol. The molecule has 0 heterocycles. The number of carbonyl (C=O) groups excluding carboxylic acids is 2. The van der Waals surface area contributed by atoms with Crippen LogP contribution >= 0.6 is 11.6 Å². The molecule has 0 aliphatic rings. The van der Waals surface area contributed by atoms with Crippen molar-refractivity contribution >= 4 is 23.4 Å². The van der Waals surface area contributed by atoms with Gasteiger partial charge in [-0.05, 0) is 38.6 Å². The van der Waals surface area contributed by atoms with E-state index in [1.807, 2.05) is 14.1 Å². The highest BCUT2D eigenvalue weighted by atomic mass is 35.5. The van der Waals surface area contributed by atoms with Gasteiger partial charge < -0.3 is 15.5 Å². The number of carbonyl (C=O) groups is 2. The molecule has 1 unspecified atom stereocenters. The van der Waals surface area contributed by atoms with Crippen molar-refractivity contribution < 1.29 is 9.59 Å². The number of rotatable bonds is 7. The second kappa shape index (κ2) is 8.31. The maximum Gasteiger partial charge on any atom is 0.253 e. The largest absolute Gasteiger partial charge is 0.354 e. The van der Waals surface area contributed by atoms with Crippen LogP contribution in [0.5, 0.6) is 0 Å². The Balaban J connectivity index is 2.54. The summed E-state index contributed by atoms with van der Waals surface area (Å²) >= 11 is 5.99. The van der Waals surface area contributed by atoms with Crippen molar-refractivity contribution in [2.24, 2.45) is 5.41 Å². The highest BCUT2D eigenvalue weighted by molar-refractivity contribution is 6.33. The van der Waals surface area contributed by atoms with Crippen LogP contribution < -0.4 is 10.6 Å². The standard InChI is InChI=1S/C17H26ClN3O2/c1-12(15(22)19-10-17(2,3)11-21(4)5)20-16(23)13-8-6-7-9-14(13)18/h6-9,12H,10-11H2,1-5H3,(H,19,22)(H,20,23). The molecule has 128 valence electrons. The molecule has 0 spiro atoms. The van der Waals surface area contributed by atoms with Crippen LogP contribution in [0.1, 0.15) is 31.1 Å². The van der Waals surface area contributed by atoms with Gasteiger partial charge in [-0.2, -0.15) is 0 Å². The summed E-state index contributed by atoms with van der Waals surface area (Å²) in [5, 5.41) is 5.92. The first-order valence-corrected chi connectivity index (χ1v) is 7.98.